The van der Waals surface area contributed by atoms with E-state index >= 15 is 0 Å². The summed E-state index contributed by atoms with van der Waals surface area (Å²) in [5.41, 5.74) is 0. The molecule has 0 aliphatic carbocycles. The highest BCUT2D eigenvalue weighted by molar-refractivity contribution is 7.86. The topological polar surface area (TPSA) is 60.2 Å². The molecule has 1 aromatic heterocycles. The molecule has 0 aliphatic rings. The van der Waals surface area contributed by atoms with Gasteiger partial charge in [-0.1, -0.05) is 0 Å². The fraction of sp³-hybridized carbons (Fsp3) is 0.400. The van der Waals surface area contributed by atoms with Crippen molar-refractivity contribution in [2.45, 2.75) is 6.42 Å². The van der Waals surface area contributed by atoms with Crippen LogP contribution in [0, 0.1) is 0 Å². The molecule has 1 rings (SSSR count). The molecular weight excluding hydrogens is 173 g/mol. The zero-order valence-corrected chi connectivity index (χ0v) is 6.34. The largest absolute Gasteiger partial charge is 0.448 e. The number of hydrogen-bond acceptors (Lipinski definition) is 4. The highest BCUT2D eigenvalue weighted by Crippen LogP contribution is 2.01. The van der Waals surface area contributed by atoms with Gasteiger partial charge in [0.1, 0.15) is 5.76 Å². The Balaban J connectivity index is 2.48. The third-order valence-electron chi connectivity index (χ3n) is 1.08. The zero-order valence-electron chi connectivity index (χ0n) is 5.53. The predicted molar refractivity (Wildman–Crippen MR) is 35.1 cm³/mol. The summed E-state index contributed by atoms with van der Waals surface area (Å²) < 4.78 is 36.6. The van der Waals surface area contributed by atoms with Gasteiger partial charge in [-0.25, -0.2) is 4.98 Å². The molecule has 0 saturated heterocycles. The van der Waals surface area contributed by atoms with Gasteiger partial charge in [0.05, 0.1) is 11.9 Å². The van der Waals surface area contributed by atoms with E-state index in [1.165, 1.54) is 12.6 Å². The number of aromatic nitrogens is 1. The fourth-order valence-electron chi connectivity index (χ4n) is 0.588. The van der Waals surface area contributed by atoms with Crippen LogP contribution in [0.2, 0.25) is 0 Å². The maximum absolute atomic E-state index is 11.9. The van der Waals surface area contributed by atoms with Gasteiger partial charge in [-0.15, -0.1) is 3.89 Å². The maximum Gasteiger partial charge on any atom is 0.302 e. The number of halogens is 1. The summed E-state index contributed by atoms with van der Waals surface area (Å²) >= 11 is 0. The van der Waals surface area contributed by atoms with Gasteiger partial charge < -0.3 is 4.42 Å². The summed E-state index contributed by atoms with van der Waals surface area (Å²) in [6.45, 7) is 0. The second-order valence-corrected chi connectivity index (χ2v) is 3.45. The number of nitrogens with zero attached hydrogens (tertiary/aromatic N) is 1. The van der Waals surface area contributed by atoms with Crippen LogP contribution in [-0.4, -0.2) is 19.2 Å². The highest BCUT2D eigenvalue weighted by Gasteiger charge is 2.08. The fourth-order valence-corrected chi connectivity index (χ4v) is 1.03. The van der Waals surface area contributed by atoms with Crippen LogP contribution < -0.4 is 0 Å². The first kappa shape index (κ1) is 8.19. The predicted octanol–water partition coefficient (Wildman–Crippen LogP) is 0.516. The molecule has 0 aliphatic heterocycles. The van der Waals surface area contributed by atoms with Crippen LogP contribution in [0.3, 0.4) is 0 Å². The summed E-state index contributed by atoms with van der Waals surface area (Å²) in [6.07, 6.45) is 2.55. The summed E-state index contributed by atoms with van der Waals surface area (Å²) in [6, 6.07) is 0. The minimum atomic E-state index is -4.39. The Morgan fingerprint density at radius 1 is 1.64 bits per heavy atom. The molecular formula is C5H6FNO3S. The van der Waals surface area contributed by atoms with Crippen LogP contribution in [0.25, 0.3) is 0 Å². The quantitative estimate of drug-likeness (QED) is 0.634. The Bertz CT molecular complexity index is 304. The minimum absolute atomic E-state index is 0.0266. The molecule has 0 radical (unpaired) electrons. The van der Waals surface area contributed by atoms with Crippen molar-refractivity contribution in [3.63, 3.8) is 0 Å². The van der Waals surface area contributed by atoms with Crippen LogP contribution in [0.5, 0.6) is 0 Å². The van der Waals surface area contributed by atoms with E-state index in [1.807, 2.05) is 0 Å². The molecule has 4 nitrogen and oxygen atoms in total. The van der Waals surface area contributed by atoms with E-state index in [0.29, 0.717) is 5.76 Å². The van der Waals surface area contributed by atoms with Crippen molar-refractivity contribution >= 4 is 10.2 Å². The summed E-state index contributed by atoms with van der Waals surface area (Å²) in [5, 5.41) is 0. The summed E-state index contributed by atoms with van der Waals surface area (Å²) in [7, 11) is -4.39. The third-order valence-corrected chi connectivity index (χ3v) is 1.77. The van der Waals surface area contributed by atoms with E-state index in [0.717, 1.165) is 0 Å². The molecule has 62 valence electrons. The number of aryl methyl sites for hydroxylation is 1. The van der Waals surface area contributed by atoms with Gasteiger partial charge in [0.25, 0.3) is 0 Å². The molecule has 11 heavy (non-hydrogen) atoms. The van der Waals surface area contributed by atoms with Gasteiger partial charge in [-0.05, 0) is 0 Å². The van der Waals surface area contributed by atoms with Crippen LogP contribution in [0.1, 0.15) is 5.76 Å². The van der Waals surface area contributed by atoms with E-state index in [2.05, 4.69) is 9.40 Å². The Labute approximate surface area is 63.3 Å². The van der Waals surface area contributed by atoms with Gasteiger partial charge in [0.2, 0.25) is 0 Å². The van der Waals surface area contributed by atoms with Gasteiger partial charge in [-0.2, -0.15) is 8.42 Å². The van der Waals surface area contributed by atoms with E-state index in [4.69, 9.17) is 0 Å². The average Bonchev–Trinajstić information content (AvgIpc) is 2.32. The lowest BCUT2D eigenvalue weighted by Gasteiger charge is -1.89. The summed E-state index contributed by atoms with van der Waals surface area (Å²) in [5.74, 6) is -0.187. The highest BCUT2D eigenvalue weighted by atomic mass is 32.3. The molecule has 0 spiro atoms. The van der Waals surface area contributed by atoms with Gasteiger partial charge in [0, 0.05) is 6.42 Å². The third kappa shape index (κ3) is 3.13. The first-order valence-corrected chi connectivity index (χ1v) is 4.43. The average molecular weight is 179 g/mol. The van der Waals surface area contributed by atoms with Gasteiger partial charge in [0.15, 0.2) is 6.39 Å². The second-order valence-electron chi connectivity index (χ2n) is 1.96. The Morgan fingerprint density at radius 3 is 2.82 bits per heavy atom. The van der Waals surface area contributed by atoms with Crippen molar-refractivity contribution in [1.29, 1.82) is 0 Å². The van der Waals surface area contributed by atoms with Crippen LogP contribution >= 0.6 is 0 Å². The van der Waals surface area contributed by atoms with E-state index in [9.17, 15) is 12.3 Å². The molecule has 1 heterocycles. The standard InChI is InChI=1S/C5H6FNO3S/c6-11(8,9)2-1-5-3-7-4-10-5/h3-4H,1-2H2. The minimum Gasteiger partial charge on any atom is -0.448 e. The number of rotatable bonds is 3. The Morgan fingerprint density at radius 2 is 2.36 bits per heavy atom. The smallest absolute Gasteiger partial charge is 0.302 e. The number of hydrogen-bond donors (Lipinski definition) is 0. The first-order chi connectivity index (χ1) is 5.08. The van der Waals surface area contributed by atoms with Crippen molar-refractivity contribution < 1.29 is 16.7 Å². The molecule has 0 saturated carbocycles. The maximum atomic E-state index is 11.9. The molecule has 0 atom stereocenters. The molecule has 0 unspecified atom stereocenters. The molecule has 0 fully saturated rings. The summed E-state index contributed by atoms with van der Waals surface area (Å²) in [4.78, 5) is 3.54. The SMILES string of the molecule is O=S(=O)(F)CCc1cnco1. The van der Waals surface area contributed by atoms with E-state index in [-0.39, 0.29) is 6.42 Å². The number of oxazole rings is 1. The molecule has 0 N–H and O–H groups in total. The normalized spacial score (nSPS) is 11.7. The van der Waals surface area contributed by atoms with E-state index in [1.54, 1.807) is 0 Å². The van der Waals surface area contributed by atoms with Crippen LogP contribution in [0.4, 0.5) is 3.89 Å². The van der Waals surface area contributed by atoms with Crippen molar-refractivity contribution in [3.8, 4) is 0 Å². The van der Waals surface area contributed by atoms with Gasteiger partial charge >= 0.3 is 10.2 Å². The lowest BCUT2D eigenvalue weighted by Crippen LogP contribution is -2.00. The van der Waals surface area contributed by atoms with Crippen molar-refractivity contribution in [2.75, 3.05) is 5.75 Å². The van der Waals surface area contributed by atoms with Crippen molar-refractivity contribution in [1.82, 2.24) is 4.98 Å². The molecule has 0 amide bonds. The Hall–Kier alpha value is -0.910. The lowest BCUT2D eigenvalue weighted by molar-refractivity contribution is 0.503. The molecule has 1 aromatic rings. The Kier molecular flexibility index (Phi) is 2.23. The van der Waals surface area contributed by atoms with E-state index < -0.39 is 16.0 Å². The van der Waals surface area contributed by atoms with Gasteiger partial charge in [-0.3, -0.25) is 0 Å². The van der Waals surface area contributed by atoms with Crippen molar-refractivity contribution in [3.05, 3.63) is 18.4 Å². The first-order valence-electron chi connectivity index (χ1n) is 2.87. The lowest BCUT2D eigenvalue weighted by atomic mass is 10.4. The van der Waals surface area contributed by atoms with Crippen molar-refractivity contribution in [2.24, 2.45) is 0 Å². The molecule has 0 bridgehead atoms. The second kappa shape index (κ2) is 3.00. The molecule has 6 heteroatoms. The van der Waals surface area contributed by atoms with Crippen LogP contribution in [0.15, 0.2) is 17.0 Å². The van der Waals surface area contributed by atoms with Crippen LogP contribution in [-0.2, 0) is 16.6 Å². The molecule has 0 aromatic carbocycles. The zero-order chi connectivity index (χ0) is 8.32. The monoisotopic (exact) mass is 179 g/mol.